The summed E-state index contributed by atoms with van der Waals surface area (Å²) in [6.45, 7) is 4.94. The Morgan fingerprint density at radius 1 is 0.333 bits per heavy atom. The minimum Gasteiger partial charge on any atom is -0.466 e. The molecule has 6 heteroatoms. The molecule has 6 nitrogen and oxygen atoms in total. The van der Waals surface area contributed by atoms with E-state index in [1.165, 1.54) is 347 Å². The minimum atomic E-state index is -0.842. The number of aliphatic hydroxyl groups is 2. The lowest BCUT2D eigenvalue weighted by molar-refractivity contribution is -0.143. The zero-order valence-corrected chi connectivity index (χ0v) is 55.0. The van der Waals surface area contributed by atoms with Gasteiger partial charge in [0.25, 0.3) is 0 Å². The van der Waals surface area contributed by atoms with Crippen LogP contribution in [0.15, 0.2) is 24.3 Å². The van der Waals surface area contributed by atoms with E-state index in [9.17, 15) is 19.8 Å². The number of carbonyl (C=O) groups is 2. The highest BCUT2D eigenvalue weighted by Crippen LogP contribution is 2.19. The molecule has 81 heavy (non-hydrogen) atoms. The van der Waals surface area contributed by atoms with E-state index in [4.69, 9.17) is 4.74 Å². The third-order valence-corrected chi connectivity index (χ3v) is 17.5. The molecule has 480 valence electrons. The van der Waals surface area contributed by atoms with Crippen molar-refractivity contribution in [1.82, 2.24) is 5.32 Å². The van der Waals surface area contributed by atoms with Gasteiger partial charge in [-0.05, 0) is 57.8 Å². The second kappa shape index (κ2) is 70.8. The Kier molecular flexibility index (Phi) is 69.4. The molecule has 0 aliphatic heterocycles. The van der Waals surface area contributed by atoms with Crippen LogP contribution in [0.1, 0.15) is 418 Å². The molecule has 3 N–H and O–H groups in total. The Balaban J connectivity index is 3.35. The number of ether oxygens (including phenoxy) is 1. The van der Waals surface area contributed by atoms with Crippen LogP contribution in [0, 0.1) is 0 Å². The summed E-state index contributed by atoms with van der Waals surface area (Å²) in [5.74, 6) is -0.0440. The van der Waals surface area contributed by atoms with Crippen LogP contribution in [0.25, 0.3) is 0 Å². The molecule has 0 bridgehead atoms. The number of aliphatic hydroxyl groups excluding tert-OH is 2. The first-order valence-corrected chi connectivity index (χ1v) is 37.1. The summed E-state index contributed by atoms with van der Waals surface area (Å²) < 4.78 is 5.51. The van der Waals surface area contributed by atoms with Crippen molar-refractivity contribution >= 4 is 11.9 Å². The quantitative estimate of drug-likeness (QED) is 0.0320. The van der Waals surface area contributed by atoms with Crippen LogP contribution in [0.3, 0.4) is 0 Å². The first kappa shape index (κ1) is 79.3. The van der Waals surface area contributed by atoms with Crippen molar-refractivity contribution in [3.8, 4) is 0 Å². The summed E-state index contributed by atoms with van der Waals surface area (Å²) in [6.07, 6.45) is 89.9. The fraction of sp³-hybridized carbons (Fsp3) is 0.920. The monoisotopic (exact) mass is 1140 g/mol. The highest BCUT2D eigenvalue weighted by atomic mass is 16.5. The van der Waals surface area contributed by atoms with Crippen molar-refractivity contribution in [2.24, 2.45) is 0 Å². The summed E-state index contributed by atoms with van der Waals surface area (Å²) in [5, 5.41) is 23.2. The molecule has 2 atom stereocenters. The van der Waals surface area contributed by atoms with Gasteiger partial charge in [0.05, 0.1) is 25.4 Å². The van der Waals surface area contributed by atoms with Crippen molar-refractivity contribution in [2.75, 3.05) is 13.2 Å². The van der Waals surface area contributed by atoms with Gasteiger partial charge in [0.15, 0.2) is 0 Å². The van der Waals surface area contributed by atoms with Crippen molar-refractivity contribution < 1.29 is 24.5 Å². The van der Waals surface area contributed by atoms with E-state index in [2.05, 4.69) is 31.3 Å². The average Bonchev–Trinajstić information content (AvgIpc) is 3.47. The van der Waals surface area contributed by atoms with Crippen molar-refractivity contribution in [3.63, 3.8) is 0 Å². The molecule has 0 aromatic carbocycles. The molecular formula is C75H145NO5. The van der Waals surface area contributed by atoms with E-state index >= 15 is 0 Å². The van der Waals surface area contributed by atoms with Gasteiger partial charge in [0, 0.05) is 12.8 Å². The van der Waals surface area contributed by atoms with Crippen molar-refractivity contribution in [2.45, 2.75) is 431 Å². The number of hydrogen-bond donors (Lipinski definition) is 3. The largest absolute Gasteiger partial charge is 0.466 e. The second-order valence-corrected chi connectivity index (χ2v) is 25.6. The molecule has 0 saturated carbocycles. The number of carbonyl (C=O) groups excluding carboxylic acids is 2. The number of allylic oxidation sites excluding steroid dienone is 3. The first-order chi connectivity index (χ1) is 40.0. The van der Waals surface area contributed by atoms with E-state index in [-0.39, 0.29) is 18.5 Å². The normalized spacial score (nSPS) is 12.6. The average molecular weight is 1140 g/mol. The lowest BCUT2D eigenvalue weighted by Crippen LogP contribution is -2.45. The molecule has 0 aromatic rings. The summed E-state index contributed by atoms with van der Waals surface area (Å²) in [5.41, 5.74) is 0. The number of amides is 1. The van der Waals surface area contributed by atoms with Crippen LogP contribution in [-0.2, 0) is 14.3 Å². The molecule has 0 saturated heterocycles. The maximum Gasteiger partial charge on any atom is 0.305 e. The Labute approximate surface area is 507 Å². The molecule has 1 amide bonds. The Hall–Kier alpha value is -1.66. The molecule has 0 heterocycles. The molecule has 2 unspecified atom stereocenters. The second-order valence-electron chi connectivity index (χ2n) is 25.6. The van der Waals surface area contributed by atoms with Gasteiger partial charge in [-0.25, -0.2) is 0 Å². The third kappa shape index (κ3) is 67.3. The summed E-state index contributed by atoms with van der Waals surface area (Å²) >= 11 is 0. The SMILES string of the molecule is CCCCCCCC/C=C\CCCCCCCCCC(=O)OCCCCCCCCCCCCCCCCCCCCCCCCCCCCCCCC(=O)NC(CO)C(O)/C=C/CCCCCCCCCCCCCCCCCC. The Morgan fingerprint density at radius 2 is 0.580 bits per heavy atom. The van der Waals surface area contributed by atoms with E-state index in [0.29, 0.717) is 19.4 Å². The van der Waals surface area contributed by atoms with Crippen LogP contribution < -0.4 is 5.32 Å². The number of hydrogen-bond acceptors (Lipinski definition) is 5. The van der Waals surface area contributed by atoms with Crippen molar-refractivity contribution in [3.05, 3.63) is 24.3 Å². The minimum absolute atomic E-state index is 0.0167. The van der Waals surface area contributed by atoms with Crippen molar-refractivity contribution in [1.29, 1.82) is 0 Å². The molecule has 0 aliphatic carbocycles. The number of unbranched alkanes of at least 4 members (excludes halogenated alkanes) is 57. The maximum atomic E-state index is 12.5. The summed E-state index contributed by atoms with van der Waals surface area (Å²) in [4.78, 5) is 24.6. The zero-order valence-electron chi connectivity index (χ0n) is 55.0. The number of nitrogens with one attached hydrogen (secondary N) is 1. The molecule has 0 fully saturated rings. The smallest absolute Gasteiger partial charge is 0.305 e. The topological polar surface area (TPSA) is 95.9 Å². The van der Waals surface area contributed by atoms with E-state index in [1.54, 1.807) is 6.08 Å². The molecule has 0 aromatic heterocycles. The summed E-state index contributed by atoms with van der Waals surface area (Å²) in [6, 6.07) is -0.625. The van der Waals surface area contributed by atoms with Crippen LogP contribution in [0.2, 0.25) is 0 Å². The van der Waals surface area contributed by atoms with E-state index in [1.807, 2.05) is 6.08 Å². The van der Waals surface area contributed by atoms with Gasteiger partial charge in [-0.15, -0.1) is 0 Å². The van der Waals surface area contributed by atoms with Crippen LogP contribution in [-0.4, -0.2) is 47.4 Å². The fourth-order valence-corrected chi connectivity index (χ4v) is 11.8. The highest BCUT2D eigenvalue weighted by molar-refractivity contribution is 5.76. The predicted molar refractivity (Wildman–Crippen MR) is 356 cm³/mol. The van der Waals surface area contributed by atoms with Gasteiger partial charge in [0.2, 0.25) is 5.91 Å². The zero-order chi connectivity index (χ0) is 58.5. The lowest BCUT2D eigenvalue weighted by Gasteiger charge is -2.20. The maximum absolute atomic E-state index is 12.5. The Bertz CT molecular complexity index is 1270. The van der Waals surface area contributed by atoms with E-state index in [0.717, 1.165) is 44.9 Å². The molecule has 0 rings (SSSR count). The van der Waals surface area contributed by atoms with Gasteiger partial charge in [-0.2, -0.15) is 0 Å². The molecule has 0 spiro atoms. The fourth-order valence-electron chi connectivity index (χ4n) is 11.8. The summed E-state index contributed by atoms with van der Waals surface area (Å²) in [7, 11) is 0. The lowest BCUT2D eigenvalue weighted by atomic mass is 10.0. The number of esters is 1. The molecular weight excluding hydrogens is 995 g/mol. The third-order valence-electron chi connectivity index (χ3n) is 17.5. The Morgan fingerprint density at radius 3 is 0.877 bits per heavy atom. The van der Waals surface area contributed by atoms with Gasteiger partial charge in [-0.3, -0.25) is 9.59 Å². The van der Waals surface area contributed by atoms with Crippen LogP contribution >= 0.6 is 0 Å². The molecule has 0 aliphatic rings. The van der Waals surface area contributed by atoms with Gasteiger partial charge in [0.1, 0.15) is 0 Å². The first-order valence-electron chi connectivity index (χ1n) is 37.1. The standard InChI is InChI=1S/C75H145NO5/c1-3-5-7-9-11-13-15-17-19-21-36-39-43-47-51-55-59-63-67-73(78)72(71-77)76-74(79)68-64-60-56-52-48-44-40-37-33-31-29-27-25-23-22-24-26-28-30-32-34-38-42-46-50-54-58-62-66-70-81-75(80)69-65-61-57-53-49-45-41-35-20-18-16-14-12-10-8-6-4-2/h18,20,63,67,72-73,77-78H,3-17,19,21-62,64-66,68-71H2,1-2H3,(H,76,79)/b20-18-,67-63+. The predicted octanol–water partition coefficient (Wildman–Crippen LogP) is 24.1. The van der Waals surface area contributed by atoms with Gasteiger partial charge >= 0.3 is 5.97 Å². The van der Waals surface area contributed by atoms with E-state index < -0.39 is 12.1 Å². The van der Waals surface area contributed by atoms with Crippen LogP contribution in [0.5, 0.6) is 0 Å². The number of rotatable bonds is 70. The highest BCUT2D eigenvalue weighted by Gasteiger charge is 2.18. The molecule has 0 radical (unpaired) electrons. The van der Waals surface area contributed by atoms with Gasteiger partial charge in [-0.1, -0.05) is 372 Å². The van der Waals surface area contributed by atoms with Crippen LogP contribution in [0.4, 0.5) is 0 Å². The van der Waals surface area contributed by atoms with Gasteiger partial charge < -0.3 is 20.3 Å².